The Morgan fingerprint density at radius 3 is 1.45 bits per heavy atom. The Kier molecular flexibility index (Phi) is 6.21. The highest BCUT2D eigenvalue weighted by Gasteiger charge is 2.28. The van der Waals surface area contributed by atoms with Gasteiger partial charge in [-0.25, -0.2) is 0 Å². The monoisotopic (exact) mass is 652 g/mol. The molecule has 0 aliphatic carbocycles. The third-order valence-corrected chi connectivity index (χ3v) is 9.25. The Morgan fingerprint density at radius 2 is 0.878 bits per heavy atom. The lowest BCUT2D eigenvalue weighted by Gasteiger charge is -2.21. The van der Waals surface area contributed by atoms with Gasteiger partial charge in [-0.3, -0.25) is 0 Å². The summed E-state index contributed by atoms with van der Waals surface area (Å²) in [6.45, 7) is 0. The SMILES string of the molecule is Bc1c(O)c(O)c(O)c(O)c1-c1c2ccccc2c(-c2cccc3oc4cc(-c5c(O)c(O)c(O)c(O)c5O)ccc4c23)c2ccccc12. The van der Waals surface area contributed by atoms with Crippen LogP contribution in [0.5, 0.6) is 51.7 Å². The number of benzene rings is 7. The van der Waals surface area contributed by atoms with E-state index in [9.17, 15) is 46.0 Å². The topological polar surface area (TPSA) is 195 Å². The van der Waals surface area contributed by atoms with Crippen LogP contribution in [0.4, 0.5) is 0 Å². The molecule has 240 valence electrons. The summed E-state index contributed by atoms with van der Waals surface area (Å²) >= 11 is 0. The maximum Gasteiger partial charge on any atom is 0.208 e. The maximum absolute atomic E-state index is 11.2. The number of hydrogen-bond acceptors (Lipinski definition) is 10. The predicted molar refractivity (Wildman–Crippen MR) is 188 cm³/mol. The fourth-order valence-electron chi connectivity index (χ4n) is 6.96. The minimum Gasteiger partial charge on any atom is -0.505 e. The summed E-state index contributed by atoms with van der Waals surface area (Å²) in [6, 6.07) is 25.5. The van der Waals surface area contributed by atoms with Crippen LogP contribution < -0.4 is 5.46 Å². The van der Waals surface area contributed by atoms with Crippen LogP contribution in [0.15, 0.2) is 89.3 Å². The summed E-state index contributed by atoms with van der Waals surface area (Å²) in [5.74, 6) is -7.42. The first kappa shape index (κ1) is 29.5. The Labute approximate surface area is 276 Å². The Bertz CT molecular complexity index is 2620. The van der Waals surface area contributed by atoms with Gasteiger partial charge in [0.1, 0.15) is 19.0 Å². The molecular weight excluding hydrogens is 627 g/mol. The highest BCUT2D eigenvalue weighted by Crippen LogP contribution is 2.56. The molecule has 11 heteroatoms. The average Bonchev–Trinajstić information content (AvgIpc) is 3.50. The number of phenols is 9. The summed E-state index contributed by atoms with van der Waals surface area (Å²) in [5, 5.41) is 98.3. The normalized spacial score (nSPS) is 11.7. The van der Waals surface area contributed by atoms with Crippen LogP contribution >= 0.6 is 0 Å². The minimum absolute atomic E-state index is 0.170. The predicted octanol–water partition coefficient (Wildman–Crippen LogP) is 6.50. The second kappa shape index (κ2) is 10.3. The summed E-state index contributed by atoms with van der Waals surface area (Å²) in [5.41, 5.74) is 3.32. The van der Waals surface area contributed by atoms with Gasteiger partial charge in [-0.05, 0) is 61.9 Å². The van der Waals surface area contributed by atoms with E-state index >= 15 is 0 Å². The van der Waals surface area contributed by atoms with E-state index in [0.717, 1.165) is 27.3 Å². The third-order valence-electron chi connectivity index (χ3n) is 9.25. The van der Waals surface area contributed by atoms with E-state index in [2.05, 4.69) is 0 Å². The molecule has 8 rings (SSSR count). The fraction of sp³-hybridized carbons (Fsp3) is 0. The van der Waals surface area contributed by atoms with Gasteiger partial charge >= 0.3 is 0 Å². The van der Waals surface area contributed by atoms with E-state index in [-0.39, 0.29) is 22.2 Å². The first-order valence-corrected chi connectivity index (χ1v) is 15.1. The summed E-state index contributed by atoms with van der Waals surface area (Å²) in [7, 11) is 1.55. The lowest BCUT2D eigenvalue weighted by atomic mass is 9.79. The molecule has 0 saturated carbocycles. The van der Waals surface area contributed by atoms with E-state index in [4.69, 9.17) is 4.42 Å². The van der Waals surface area contributed by atoms with E-state index in [1.54, 1.807) is 32.1 Å². The van der Waals surface area contributed by atoms with E-state index < -0.39 is 51.7 Å². The minimum atomic E-state index is -1.05. The number of aromatic hydroxyl groups is 9. The molecule has 0 fully saturated rings. The van der Waals surface area contributed by atoms with Crippen molar-refractivity contribution < 1.29 is 50.4 Å². The Morgan fingerprint density at radius 1 is 0.388 bits per heavy atom. The van der Waals surface area contributed by atoms with Crippen molar-refractivity contribution >= 4 is 56.8 Å². The van der Waals surface area contributed by atoms with Gasteiger partial charge in [-0.2, -0.15) is 0 Å². The number of hydrogen-bond donors (Lipinski definition) is 9. The van der Waals surface area contributed by atoms with Crippen molar-refractivity contribution in [3.8, 4) is 85.1 Å². The Balaban J connectivity index is 1.45. The van der Waals surface area contributed by atoms with Crippen molar-refractivity contribution in [2.75, 3.05) is 0 Å². The van der Waals surface area contributed by atoms with E-state index in [1.165, 1.54) is 0 Å². The molecule has 49 heavy (non-hydrogen) atoms. The maximum atomic E-state index is 11.2. The number of furan rings is 1. The molecule has 0 spiro atoms. The van der Waals surface area contributed by atoms with E-state index in [1.807, 2.05) is 60.7 Å². The summed E-state index contributed by atoms with van der Waals surface area (Å²) < 4.78 is 6.28. The first-order chi connectivity index (χ1) is 23.5. The molecule has 1 aromatic heterocycles. The van der Waals surface area contributed by atoms with Crippen molar-refractivity contribution in [3.63, 3.8) is 0 Å². The lowest BCUT2D eigenvalue weighted by Crippen LogP contribution is -2.09. The second-order valence-electron chi connectivity index (χ2n) is 11.8. The molecule has 10 nitrogen and oxygen atoms in total. The van der Waals surface area contributed by atoms with Crippen LogP contribution in [0.1, 0.15) is 0 Å². The van der Waals surface area contributed by atoms with Gasteiger partial charge in [0, 0.05) is 21.9 Å². The van der Waals surface area contributed by atoms with Gasteiger partial charge in [0.25, 0.3) is 0 Å². The first-order valence-electron chi connectivity index (χ1n) is 15.1. The zero-order chi connectivity index (χ0) is 34.5. The number of fused-ring (bicyclic) bond motifs is 5. The van der Waals surface area contributed by atoms with Crippen LogP contribution in [0.2, 0.25) is 0 Å². The van der Waals surface area contributed by atoms with Crippen molar-refractivity contribution in [1.82, 2.24) is 0 Å². The molecular formula is C38H25BO10. The largest absolute Gasteiger partial charge is 0.505 e. The number of phenolic OH excluding ortho intramolecular Hbond substituents is 9. The van der Waals surface area contributed by atoms with Crippen LogP contribution in [-0.4, -0.2) is 53.8 Å². The number of rotatable bonds is 3. The molecule has 1 heterocycles. The van der Waals surface area contributed by atoms with Crippen molar-refractivity contribution in [2.24, 2.45) is 0 Å². The quantitative estimate of drug-likeness (QED) is 0.0440. The van der Waals surface area contributed by atoms with Crippen LogP contribution in [0, 0.1) is 0 Å². The zero-order valence-electron chi connectivity index (χ0n) is 25.5. The fourth-order valence-corrected chi connectivity index (χ4v) is 6.96. The highest BCUT2D eigenvalue weighted by molar-refractivity contribution is 6.41. The summed E-state index contributed by atoms with van der Waals surface area (Å²) in [6.07, 6.45) is 0. The van der Waals surface area contributed by atoms with Gasteiger partial charge in [-0.15, -0.1) is 0 Å². The molecule has 0 atom stereocenters. The molecule has 9 N–H and O–H groups in total. The standard InChI is InChI=1S/C38H25BO10/c39-29-28(32(42)36(46)37(47)33(29)43)27-18-8-3-1-6-16(18)25(17-7-2-4-9-19(17)27)21-10-5-11-22-26(21)20-13-12-15(14-23(20)49-22)24-30(40)34(44)38(48)35(45)31(24)41/h1-14,40-48H,39H2. The molecule has 0 aliphatic heterocycles. The third kappa shape index (κ3) is 3.96. The van der Waals surface area contributed by atoms with Gasteiger partial charge in [0.2, 0.25) is 28.7 Å². The molecule has 0 unspecified atom stereocenters. The average molecular weight is 652 g/mol. The summed E-state index contributed by atoms with van der Waals surface area (Å²) in [4.78, 5) is 0. The van der Waals surface area contributed by atoms with Gasteiger partial charge < -0.3 is 50.4 Å². The molecule has 0 aliphatic rings. The molecule has 7 aromatic carbocycles. The van der Waals surface area contributed by atoms with Crippen molar-refractivity contribution in [2.45, 2.75) is 0 Å². The molecule has 0 radical (unpaired) electrons. The van der Waals surface area contributed by atoms with Crippen LogP contribution in [0.3, 0.4) is 0 Å². The lowest BCUT2D eigenvalue weighted by molar-refractivity contribution is 0.330. The van der Waals surface area contributed by atoms with Gasteiger partial charge in [0.05, 0.1) is 5.56 Å². The van der Waals surface area contributed by atoms with Crippen molar-refractivity contribution in [3.05, 3.63) is 84.9 Å². The molecule has 0 saturated heterocycles. The van der Waals surface area contributed by atoms with Crippen LogP contribution in [0.25, 0.3) is 76.9 Å². The highest BCUT2D eigenvalue weighted by atomic mass is 16.4. The zero-order valence-corrected chi connectivity index (χ0v) is 25.5. The second-order valence-corrected chi connectivity index (χ2v) is 11.8. The van der Waals surface area contributed by atoms with Crippen LogP contribution in [-0.2, 0) is 0 Å². The molecule has 8 aromatic rings. The van der Waals surface area contributed by atoms with Crippen molar-refractivity contribution in [1.29, 1.82) is 0 Å². The Hall–Kier alpha value is -6.88. The van der Waals surface area contributed by atoms with Gasteiger partial charge in [-0.1, -0.05) is 66.7 Å². The molecule has 0 amide bonds. The van der Waals surface area contributed by atoms with E-state index in [0.29, 0.717) is 32.9 Å². The smallest absolute Gasteiger partial charge is 0.208 e. The van der Waals surface area contributed by atoms with Gasteiger partial charge in [0.15, 0.2) is 23.0 Å². The molecule has 0 bridgehead atoms.